The second kappa shape index (κ2) is 9.29. The zero-order chi connectivity index (χ0) is 29.5. The summed E-state index contributed by atoms with van der Waals surface area (Å²) in [6, 6.07) is 57.4. The fourth-order valence-electron chi connectivity index (χ4n) is 7.69. The lowest BCUT2D eigenvalue weighted by molar-refractivity contribution is 0.669. The van der Waals surface area contributed by atoms with Crippen LogP contribution in [0.3, 0.4) is 0 Å². The van der Waals surface area contributed by atoms with E-state index in [1.807, 2.05) is 0 Å². The van der Waals surface area contributed by atoms with Gasteiger partial charge in [0.05, 0.1) is 0 Å². The molecule has 0 aliphatic heterocycles. The Morgan fingerprint density at radius 2 is 0.911 bits per heavy atom. The van der Waals surface area contributed by atoms with E-state index >= 15 is 0 Å². The van der Waals surface area contributed by atoms with E-state index in [0.29, 0.717) is 0 Å². The van der Waals surface area contributed by atoms with Gasteiger partial charge in [0.25, 0.3) is 0 Å². The van der Waals surface area contributed by atoms with Crippen LogP contribution in [-0.2, 0) is 0 Å². The van der Waals surface area contributed by atoms with E-state index in [1.165, 1.54) is 87.2 Å². The van der Waals surface area contributed by atoms with Crippen molar-refractivity contribution in [3.63, 3.8) is 0 Å². The number of furan rings is 1. The minimum Gasteiger partial charge on any atom is -0.456 e. The molecule has 0 radical (unpaired) electrons. The van der Waals surface area contributed by atoms with Crippen LogP contribution in [0.2, 0.25) is 0 Å². The summed E-state index contributed by atoms with van der Waals surface area (Å²) >= 11 is 0. The lowest BCUT2D eigenvalue weighted by Crippen LogP contribution is -1.93. The predicted octanol–water partition coefficient (Wildman–Crippen LogP) is 12.6. The van der Waals surface area contributed by atoms with Crippen LogP contribution in [0.1, 0.15) is 0 Å². The van der Waals surface area contributed by atoms with Gasteiger partial charge in [-0.15, -0.1) is 0 Å². The molecule has 0 saturated carbocycles. The molecule has 9 aromatic carbocycles. The summed E-state index contributed by atoms with van der Waals surface area (Å²) in [6.45, 7) is 0. The first-order valence-electron chi connectivity index (χ1n) is 15.5. The van der Waals surface area contributed by atoms with Crippen molar-refractivity contribution in [1.82, 2.24) is 0 Å². The fourth-order valence-corrected chi connectivity index (χ4v) is 7.69. The molecule has 0 amide bonds. The van der Waals surface area contributed by atoms with Gasteiger partial charge in [-0.1, -0.05) is 127 Å². The highest BCUT2D eigenvalue weighted by molar-refractivity contribution is 6.29. The first-order chi connectivity index (χ1) is 22.3. The summed E-state index contributed by atoms with van der Waals surface area (Å²) in [5, 5.41) is 12.4. The van der Waals surface area contributed by atoms with Crippen LogP contribution in [0, 0.1) is 0 Å². The monoisotopic (exact) mass is 570 g/mol. The standard InChI is InChI=1S/C44H26O/c1-2-11-27(12-3-1)30-25-29-13-4-5-15-31(29)38(26-30)43-34-18-8-6-16-32(34)42(33-17-7-9-19-35(33)43)36-23-24-40-44-37(36)22-21-28-14-10-20-39(45-40)41(28)44/h1-26H. The quantitative estimate of drug-likeness (QED) is 0.152. The van der Waals surface area contributed by atoms with Crippen molar-refractivity contribution in [2.24, 2.45) is 0 Å². The van der Waals surface area contributed by atoms with Crippen LogP contribution in [-0.4, -0.2) is 0 Å². The van der Waals surface area contributed by atoms with Crippen molar-refractivity contribution >= 4 is 65.0 Å². The highest BCUT2D eigenvalue weighted by Gasteiger charge is 2.22. The smallest absolute Gasteiger partial charge is 0.136 e. The first kappa shape index (κ1) is 24.5. The lowest BCUT2D eigenvalue weighted by Gasteiger charge is -2.20. The molecule has 0 saturated heterocycles. The van der Waals surface area contributed by atoms with Gasteiger partial charge in [0.15, 0.2) is 0 Å². The Balaban J connectivity index is 1.36. The molecule has 1 heteroatoms. The van der Waals surface area contributed by atoms with Crippen molar-refractivity contribution in [3.05, 3.63) is 158 Å². The zero-order valence-corrected chi connectivity index (χ0v) is 24.4. The largest absolute Gasteiger partial charge is 0.456 e. The molecule has 0 aliphatic rings. The van der Waals surface area contributed by atoms with E-state index in [-0.39, 0.29) is 0 Å². The molecule has 0 spiro atoms. The molecule has 0 N–H and O–H groups in total. The van der Waals surface area contributed by atoms with Gasteiger partial charge in [-0.2, -0.15) is 0 Å². The molecule has 0 fully saturated rings. The maximum absolute atomic E-state index is 6.35. The number of hydrogen-bond donors (Lipinski definition) is 0. The third-order valence-electron chi connectivity index (χ3n) is 9.60. The van der Waals surface area contributed by atoms with E-state index in [1.54, 1.807) is 0 Å². The Morgan fingerprint density at radius 1 is 0.311 bits per heavy atom. The van der Waals surface area contributed by atoms with E-state index in [9.17, 15) is 0 Å². The summed E-state index contributed by atoms with van der Waals surface area (Å²) in [5.41, 5.74) is 9.37. The molecular formula is C44H26O. The number of fused-ring (bicyclic) bond motifs is 3. The Labute approximate surface area is 259 Å². The Hall–Kier alpha value is -5.92. The molecule has 0 aliphatic carbocycles. The van der Waals surface area contributed by atoms with Crippen LogP contribution in [0.4, 0.5) is 0 Å². The van der Waals surface area contributed by atoms with Crippen LogP contribution in [0.15, 0.2) is 162 Å². The molecule has 10 rings (SSSR count). The maximum Gasteiger partial charge on any atom is 0.136 e. The highest BCUT2D eigenvalue weighted by Crippen LogP contribution is 2.49. The first-order valence-corrected chi connectivity index (χ1v) is 15.5. The number of benzene rings is 9. The number of hydrogen-bond acceptors (Lipinski definition) is 1. The second-order valence-corrected chi connectivity index (χ2v) is 12.0. The Bertz CT molecular complexity index is 2690. The SMILES string of the molecule is c1ccc(-c2cc(-c3c4ccccc4c(-c4ccc5oc6cccc7ccc4c5c76)c4ccccc34)c3ccccc3c2)cc1. The summed E-state index contributed by atoms with van der Waals surface area (Å²) < 4.78 is 6.35. The van der Waals surface area contributed by atoms with Gasteiger partial charge in [0.1, 0.15) is 11.2 Å². The molecule has 10 aromatic rings. The fraction of sp³-hybridized carbons (Fsp3) is 0. The molecule has 45 heavy (non-hydrogen) atoms. The van der Waals surface area contributed by atoms with Gasteiger partial charge in [0, 0.05) is 10.8 Å². The van der Waals surface area contributed by atoms with Gasteiger partial charge in [-0.3, -0.25) is 0 Å². The average molecular weight is 571 g/mol. The average Bonchev–Trinajstić information content (AvgIpc) is 3.50. The van der Waals surface area contributed by atoms with Crippen molar-refractivity contribution in [3.8, 4) is 33.4 Å². The van der Waals surface area contributed by atoms with Gasteiger partial charge < -0.3 is 4.42 Å². The predicted molar refractivity (Wildman–Crippen MR) is 191 cm³/mol. The van der Waals surface area contributed by atoms with Gasteiger partial charge in [-0.25, -0.2) is 0 Å². The topological polar surface area (TPSA) is 13.1 Å². The van der Waals surface area contributed by atoms with Gasteiger partial charge in [-0.05, 0) is 107 Å². The van der Waals surface area contributed by atoms with Gasteiger partial charge >= 0.3 is 0 Å². The van der Waals surface area contributed by atoms with E-state index in [2.05, 4.69) is 158 Å². The summed E-state index contributed by atoms with van der Waals surface area (Å²) in [6.07, 6.45) is 0. The van der Waals surface area contributed by atoms with Crippen molar-refractivity contribution in [2.45, 2.75) is 0 Å². The molecule has 1 heterocycles. The van der Waals surface area contributed by atoms with Crippen molar-refractivity contribution in [1.29, 1.82) is 0 Å². The normalized spacial score (nSPS) is 12.0. The molecular weight excluding hydrogens is 544 g/mol. The van der Waals surface area contributed by atoms with Crippen LogP contribution in [0.5, 0.6) is 0 Å². The van der Waals surface area contributed by atoms with Crippen LogP contribution < -0.4 is 0 Å². The second-order valence-electron chi connectivity index (χ2n) is 12.0. The highest BCUT2D eigenvalue weighted by atomic mass is 16.3. The third kappa shape index (κ3) is 3.50. The van der Waals surface area contributed by atoms with E-state index in [0.717, 1.165) is 11.2 Å². The molecule has 1 nitrogen and oxygen atoms in total. The minimum atomic E-state index is 0.940. The molecule has 1 aromatic heterocycles. The van der Waals surface area contributed by atoms with Crippen molar-refractivity contribution < 1.29 is 4.42 Å². The van der Waals surface area contributed by atoms with Crippen molar-refractivity contribution in [2.75, 3.05) is 0 Å². The third-order valence-corrected chi connectivity index (χ3v) is 9.60. The summed E-state index contributed by atoms with van der Waals surface area (Å²) in [7, 11) is 0. The zero-order valence-electron chi connectivity index (χ0n) is 24.4. The minimum absolute atomic E-state index is 0.940. The van der Waals surface area contributed by atoms with Crippen LogP contribution >= 0.6 is 0 Å². The Morgan fingerprint density at radius 3 is 1.64 bits per heavy atom. The van der Waals surface area contributed by atoms with E-state index < -0.39 is 0 Å². The van der Waals surface area contributed by atoms with E-state index in [4.69, 9.17) is 4.42 Å². The molecule has 0 atom stereocenters. The summed E-state index contributed by atoms with van der Waals surface area (Å²) in [4.78, 5) is 0. The number of rotatable bonds is 3. The summed E-state index contributed by atoms with van der Waals surface area (Å²) in [5.74, 6) is 0. The lowest BCUT2D eigenvalue weighted by atomic mass is 9.82. The Kier molecular flexibility index (Phi) is 5.06. The molecule has 0 bridgehead atoms. The van der Waals surface area contributed by atoms with Crippen LogP contribution in [0.25, 0.3) is 98.4 Å². The van der Waals surface area contributed by atoms with Gasteiger partial charge in [0.2, 0.25) is 0 Å². The molecule has 0 unspecified atom stereocenters. The molecule has 208 valence electrons. The maximum atomic E-state index is 6.35.